The molecule has 3 aromatic rings. The summed E-state index contributed by atoms with van der Waals surface area (Å²) in [5, 5.41) is 21.8. The highest BCUT2D eigenvalue weighted by molar-refractivity contribution is 7.99. The second-order valence-electron chi connectivity index (χ2n) is 5.89. The lowest BCUT2D eigenvalue weighted by atomic mass is 10.2. The number of ether oxygens (including phenoxy) is 2. The smallest absolute Gasteiger partial charge is 0.269 e. The Morgan fingerprint density at radius 3 is 2.50 bits per heavy atom. The third-order valence-corrected chi connectivity index (χ3v) is 4.94. The third-order valence-electron chi connectivity index (χ3n) is 4.00. The molecule has 0 saturated heterocycles. The van der Waals surface area contributed by atoms with Crippen LogP contribution >= 0.6 is 11.8 Å². The number of rotatable bonds is 8. The second kappa shape index (κ2) is 9.13. The summed E-state index contributed by atoms with van der Waals surface area (Å²) >= 11 is 1.10. The van der Waals surface area contributed by atoms with Gasteiger partial charge in [0.15, 0.2) is 17.3 Å². The standard InChI is InChI=1S/C18H18N6O5S/c1-28-14-8-3-11(9-15(14)29-2)17-21-22-18(23(17)19)30-10-16(25)20-12-4-6-13(7-5-12)24(26)27/h3-9H,10,19H2,1-2H3,(H,20,25). The third kappa shape index (κ3) is 4.60. The van der Waals surface area contributed by atoms with E-state index in [4.69, 9.17) is 15.3 Å². The van der Waals surface area contributed by atoms with Crippen LogP contribution in [0.25, 0.3) is 11.4 Å². The molecular formula is C18H18N6O5S. The van der Waals surface area contributed by atoms with E-state index in [9.17, 15) is 14.9 Å². The number of carbonyl (C=O) groups excluding carboxylic acids is 1. The van der Waals surface area contributed by atoms with Gasteiger partial charge in [0.1, 0.15) is 0 Å². The molecule has 0 fully saturated rings. The zero-order chi connectivity index (χ0) is 21.7. The lowest BCUT2D eigenvalue weighted by Gasteiger charge is -2.09. The van der Waals surface area contributed by atoms with E-state index >= 15 is 0 Å². The molecule has 0 aliphatic heterocycles. The van der Waals surface area contributed by atoms with Gasteiger partial charge in [-0.15, -0.1) is 10.2 Å². The van der Waals surface area contributed by atoms with Gasteiger partial charge in [-0.3, -0.25) is 14.9 Å². The Labute approximate surface area is 175 Å². The molecule has 11 nitrogen and oxygen atoms in total. The number of nitro benzene ring substituents is 1. The van der Waals surface area contributed by atoms with Crippen LogP contribution in [0.3, 0.4) is 0 Å². The largest absolute Gasteiger partial charge is 0.493 e. The summed E-state index contributed by atoms with van der Waals surface area (Å²) in [4.78, 5) is 22.3. The van der Waals surface area contributed by atoms with Crippen LogP contribution in [0.5, 0.6) is 11.5 Å². The molecule has 0 radical (unpaired) electrons. The average molecular weight is 430 g/mol. The molecule has 2 aromatic carbocycles. The highest BCUT2D eigenvalue weighted by Gasteiger charge is 2.16. The van der Waals surface area contributed by atoms with Crippen LogP contribution < -0.4 is 20.6 Å². The van der Waals surface area contributed by atoms with E-state index in [1.54, 1.807) is 25.3 Å². The molecule has 0 bridgehead atoms. The highest BCUT2D eigenvalue weighted by Crippen LogP contribution is 2.32. The summed E-state index contributed by atoms with van der Waals surface area (Å²) in [6.07, 6.45) is 0. The molecule has 0 atom stereocenters. The number of hydrogen-bond acceptors (Lipinski definition) is 9. The summed E-state index contributed by atoms with van der Waals surface area (Å²) in [5.41, 5.74) is 1.07. The van der Waals surface area contributed by atoms with E-state index in [1.807, 2.05) is 0 Å². The Morgan fingerprint density at radius 1 is 1.17 bits per heavy atom. The normalized spacial score (nSPS) is 10.5. The first-order valence-corrected chi connectivity index (χ1v) is 9.51. The Bertz CT molecular complexity index is 1070. The van der Waals surface area contributed by atoms with Crippen LogP contribution in [0, 0.1) is 10.1 Å². The molecule has 30 heavy (non-hydrogen) atoms. The summed E-state index contributed by atoms with van der Waals surface area (Å²) in [6, 6.07) is 10.8. The molecule has 0 saturated carbocycles. The van der Waals surface area contributed by atoms with Gasteiger partial charge in [0.25, 0.3) is 5.69 Å². The van der Waals surface area contributed by atoms with Gasteiger partial charge in [-0.25, -0.2) is 4.68 Å². The number of carbonyl (C=O) groups is 1. The van der Waals surface area contributed by atoms with E-state index in [1.165, 1.54) is 36.1 Å². The number of thioether (sulfide) groups is 1. The number of nitrogen functional groups attached to an aromatic ring is 1. The Morgan fingerprint density at radius 2 is 1.87 bits per heavy atom. The number of hydrogen-bond donors (Lipinski definition) is 2. The first-order chi connectivity index (χ1) is 14.4. The van der Waals surface area contributed by atoms with Crippen molar-refractivity contribution in [2.45, 2.75) is 5.16 Å². The predicted octanol–water partition coefficient (Wildman–Crippen LogP) is 2.32. The quantitative estimate of drug-likeness (QED) is 0.238. The number of nitrogens with two attached hydrogens (primary N) is 1. The maximum Gasteiger partial charge on any atom is 0.269 e. The molecule has 1 aromatic heterocycles. The van der Waals surface area contributed by atoms with Gasteiger partial charge in [0.2, 0.25) is 11.1 Å². The number of nitrogens with one attached hydrogen (secondary N) is 1. The van der Waals surface area contributed by atoms with Crippen LogP contribution in [0.15, 0.2) is 47.6 Å². The van der Waals surface area contributed by atoms with Gasteiger partial charge in [-0.2, -0.15) is 0 Å². The Hall–Kier alpha value is -3.80. The SMILES string of the molecule is COc1ccc(-c2nnc(SCC(=O)Nc3ccc([N+](=O)[O-])cc3)n2N)cc1OC. The first-order valence-electron chi connectivity index (χ1n) is 8.53. The zero-order valence-electron chi connectivity index (χ0n) is 16.1. The van der Waals surface area contributed by atoms with E-state index < -0.39 is 4.92 Å². The van der Waals surface area contributed by atoms with Crippen molar-refractivity contribution >= 4 is 29.0 Å². The highest BCUT2D eigenvalue weighted by atomic mass is 32.2. The molecule has 1 amide bonds. The van der Waals surface area contributed by atoms with Gasteiger partial charge in [0.05, 0.1) is 24.9 Å². The van der Waals surface area contributed by atoms with Crippen molar-refractivity contribution in [2.24, 2.45) is 0 Å². The second-order valence-corrected chi connectivity index (χ2v) is 6.83. The fourth-order valence-electron chi connectivity index (χ4n) is 2.54. The average Bonchev–Trinajstić information content (AvgIpc) is 3.12. The van der Waals surface area contributed by atoms with Crippen molar-refractivity contribution in [3.8, 4) is 22.9 Å². The maximum absolute atomic E-state index is 12.2. The molecule has 3 N–H and O–H groups in total. The monoisotopic (exact) mass is 430 g/mol. The molecule has 0 spiro atoms. The van der Waals surface area contributed by atoms with E-state index in [-0.39, 0.29) is 17.3 Å². The maximum atomic E-state index is 12.2. The lowest BCUT2D eigenvalue weighted by Crippen LogP contribution is -2.16. The van der Waals surface area contributed by atoms with Crippen LogP contribution in [0.2, 0.25) is 0 Å². The minimum atomic E-state index is -0.508. The topological polar surface area (TPSA) is 147 Å². The van der Waals surface area contributed by atoms with E-state index in [2.05, 4.69) is 15.5 Å². The van der Waals surface area contributed by atoms with Crippen molar-refractivity contribution in [1.82, 2.24) is 14.9 Å². The molecule has 1 heterocycles. The summed E-state index contributed by atoms with van der Waals surface area (Å²) in [6.45, 7) is 0. The van der Waals surface area contributed by atoms with Crippen LogP contribution in [-0.2, 0) is 4.79 Å². The van der Waals surface area contributed by atoms with Crippen molar-refractivity contribution in [2.75, 3.05) is 31.1 Å². The van der Waals surface area contributed by atoms with Crippen molar-refractivity contribution in [3.05, 3.63) is 52.6 Å². The molecule has 0 aliphatic rings. The number of amides is 1. The van der Waals surface area contributed by atoms with Crippen molar-refractivity contribution in [3.63, 3.8) is 0 Å². The number of methoxy groups -OCH3 is 2. The van der Waals surface area contributed by atoms with E-state index in [0.717, 1.165) is 11.8 Å². The summed E-state index contributed by atoms with van der Waals surface area (Å²) < 4.78 is 11.8. The van der Waals surface area contributed by atoms with E-state index in [0.29, 0.717) is 33.7 Å². The van der Waals surface area contributed by atoms with Crippen LogP contribution in [-0.4, -0.2) is 45.7 Å². The van der Waals surface area contributed by atoms with Gasteiger partial charge in [0, 0.05) is 23.4 Å². The number of nitrogens with zero attached hydrogens (tertiary/aromatic N) is 4. The molecule has 3 rings (SSSR count). The summed E-state index contributed by atoms with van der Waals surface area (Å²) in [7, 11) is 3.07. The lowest BCUT2D eigenvalue weighted by molar-refractivity contribution is -0.384. The molecule has 0 aliphatic carbocycles. The van der Waals surface area contributed by atoms with Gasteiger partial charge in [-0.1, -0.05) is 11.8 Å². The number of aromatic nitrogens is 3. The number of nitro groups is 1. The number of non-ortho nitro benzene ring substituents is 1. The Balaban J connectivity index is 1.65. The van der Waals surface area contributed by atoms with Gasteiger partial charge < -0.3 is 20.6 Å². The van der Waals surface area contributed by atoms with Crippen molar-refractivity contribution < 1.29 is 19.2 Å². The molecular weight excluding hydrogens is 412 g/mol. The van der Waals surface area contributed by atoms with Gasteiger partial charge in [-0.05, 0) is 30.3 Å². The summed E-state index contributed by atoms with van der Waals surface area (Å²) in [5.74, 6) is 7.29. The minimum absolute atomic E-state index is 0.0260. The number of anilines is 1. The van der Waals surface area contributed by atoms with Crippen LogP contribution in [0.1, 0.15) is 0 Å². The molecule has 12 heteroatoms. The minimum Gasteiger partial charge on any atom is -0.493 e. The fraction of sp³-hybridized carbons (Fsp3) is 0.167. The molecule has 0 unspecified atom stereocenters. The number of benzene rings is 2. The zero-order valence-corrected chi connectivity index (χ0v) is 16.9. The Kier molecular flexibility index (Phi) is 6.37. The fourth-order valence-corrected chi connectivity index (χ4v) is 3.20. The van der Waals surface area contributed by atoms with Gasteiger partial charge >= 0.3 is 0 Å². The first kappa shape index (κ1) is 20.9. The van der Waals surface area contributed by atoms with Crippen molar-refractivity contribution in [1.29, 1.82) is 0 Å². The molecule has 156 valence electrons. The predicted molar refractivity (Wildman–Crippen MR) is 111 cm³/mol. The van der Waals surface area contributed by atoms with Crippen LogP contribution in [0.4, 0.5) is 11.4 Å².